The van der Waals surface area contributed by atoms with E-state index in [9.17, 15) is 0 Å². The second-order valence-corrected chi connectivity index (χ2v) is 30.9. The number of hydrogen-bond acceptors (Lipinski definition) is 35. The van der Waals surface area contributed by atoms with Gasteiger partial charge in [-0.1, -0.05) is 66.7 Å². The van der Waals surface area contributed by atoms with Crippen LogP contribution in [0.15, 0.2) is 121 Å². The van der Waals surface area contributed by atoms with Crippen molar-refractivity contribution in [1.29, 1.82) is 0 Å². The average molecular weight is 1770 g/mol. The quantitative estimate of drug-likeness (QED) is 0.0412. The highest BCUT2D eigenvalue weighted by Gasteiger charge is 2.62. The van der Waals surface area contributed by atoms with Gasteiger partial charge in [0.05, 0.1) is 68.1 Å². The van der Waals surface area contributed by atoms with Crippen molar-refractivity contribution < 1.29 is 166 Å². The van der Waals surface area contributed by atoms with Gasteiger partial charge in [-0.2, -0.15) is 0 Å². The Morgan fingerprint density at radius 2 is 0.400 bits per heavy atom. The molecular weight excluding hydrogens is 1640 g/mol. The first-order valence-electron chi connectivity index (χ1n) is 41.5. The summed E-state index contributed by atoms with van der Waals surface area (Å²) in [5, 5.41) is 0. The smallest absolute Gasteiger partial charge is 0.187 e. The van der Waals surface area contributed by atoms with Gasteiger partial charge < -0.3 is 166 Å². The predicted molar refractivity (Wildman–Crippen MR) is 441 cm³/mol. The monoisotopic (exact) mass is 1770 g/mol. The molecule has 22 saturated heterocycles. The third-order valence-electron chi connectivity index (χ3n) is 24.6. The molecule has 30 atom stereocenters. The first-order chi connectivity index (χ1) is 60.9. The first-order valence-corrected chi connectivity index (χ1v) is 41.5. The molecule has 0 N–H and O–H groups in total. The third kappa shape index (κ3) is 20.3. The molecule has 12 bridgehead atoms. The Balaban J connectivity index is 1.04. The molecule has 35 heteroatoms. The Hall–Kier alpha value is -5.94. The lowest BCUT2D eigenvalue weighted by molar-refractivity contribution is -0.410. The van der Waals surface area contributed by atoms with E-state index in [0.29, 0.717) is 45.3 Å². The average Bonchev–Trinajstić information content (AvgIpc) is 0.733. The zero-order chi connectivity index (χ0) is 89.2. The Bertz CT molecular complexity index is 3860. The van der Waals surface area contributed by atoms with Gasteiger partial charge in [0.2, 0.25) is 0 Å². The molecule has 0 radical (unpaired) electrons. The molecule has 125 heavy (non-hydrogen) atoms. The summed E-state index contributed by atoms with van der Waals surface area (Å²) in [6, 6.07) is 38.9. The maximum atomic E-state index is 8.09. The van der Waals surface area contributed by atoms with Gasteiger partial charge in [0, 0.05) is 128 Å². The molecule has 22 aliphatic rings. The van der Waals surface area contributed by atoms with E-state index < -0.39 is 195 Å². The standard InChI is InChI=1S/C90H128O35/c1-91-43-59-65-71(100-10)77(106-16)83(114-59)121-66-60(44-92-2)116-85(79(108-18)72(66)101-11)123-68-62(46-94-4)118-87(81(110-20)74(68)103-13)125-70-64(119-88(82(111-21)76(70)105-15)124-69-63(47-95-5)117-86(80(109-19)75(69)104-14)122-67-61(45-93-3)115-84(120-65)78(107-17)73(67)102-12)48-113-90(51-30-38-57(98-8)39-31-51,52-32-40-58(99-9)41-33-52)54-25-23-24-53(42-54)89(112-22,49-26-34-55(96-6)35-27-49)50-28-36-56(97-7)37-29-50/h23-42,59-88H,43-48H2,1-22H3/t59-,60-,61-,62-,63-,64-,65-,66-,67-,68-,69-,70-,71+,72+,73+,74+,75+,76+,77-,78-,79-,80-,81-,82-,83-,84-,85-,86-,87-,88-/m1/s1. The summed E-state index contributed by atoms with van der Waals surface area (Å²) in [7, 11) is 33.9. The van der Waals surface area contributed by atoms with Gasteiger partial charge in [-0.15, -0.1) is 0 Å². The fourth-order valence-corrected chi connectivity index (χ4v) is 18.6. The van der Waals surface area contributed by atoms with Gasteiger partial charge in [-0.05, 0) is 88.0 Å². The molecule has 0 amide bonds. The molecule has 0 aliphatic carbocycles. The van der Waals surface area contributed by atoms with Gasteiger partial charge in [0.25, 0.3) is 0 Å². The molecule has 22 aliphatic heterocycles. The van der Waals surface area contributed by atoms with E-state index in [4.69, 9.17) is 166 Å². The number of benzene rings is 5. The lowest BCUT2D eigenvalue weighted by Gasteiger charge is -2.53. The molecule has 27 rings (SSSR count). The van der Waals surface area contributed by atoms with E-state index in [1.165, 1.54) is 121 Å². The van der Waals surface area contributed by atoms with Crippen LogP contribution in [0.3, 0.4) is 0 Å². The highest BCUT2D eigenvalue weighted by atomic mass is 16.8. The van der Waals surface area contributed by atoms with E-state index >= 15 is 0 Å². The van der Waals surface area contributed by atoms with Crippen LogP contribution in [0.4, 0.5) is 0 Å². The van der Waals surface area contributed by atoms with Crippen molar-refractivity contribution in [1.82, 2.24) is 0 Å². The highest BCUT2D eigenvalue weighted by Crippen LogP contribution is 2.49. The Morgan fingerprint density at radius 3 is 0.584 bits per heavy atom. The Kier molecular flexibility index (Phi) is 36.3. The largest absolute Gasteiger partial charge is 0.497 e. The van der Waals surface area contributed by atoms with Crippen molar-refractivity contribution in [3.63, 3.8) is 0 Å². The molecule has 5 aromatic rings. The van der Waals surface area contributed by atoms with Gasteiger partial charge in [0.1, 0.15) is 181 Å². The maximum Gasteiger partial charge on any atom is 0.187 e. The zero-order valence-corrected chi connectivity index (χ0v) is 75.4. The molecule has 0 unspecified atom stereocenters. The van der Waals surface area contributed by atoms with Crippen LogP contribution in [0, 0.1) is 0 Å². The number of rotatable bonds is 36. The molecule has 0 aromatic heterocycles. The predicted octanol–water partition coefficient (Wildman–Crippen LogP) is 6.05. The first kappa shape index (κ1) is 98.1. The van der Waals surface area contributed by atoms with E-state index in [2.05, 4.69) is 6.07 Å². The summed E-state index contributed by atoms with van der Waals surface area (Å²) in [6.45, 7) is -0.747. The normalized spacial score (nSPS) is 34.9. The van der Waals surface area contributed by atoms with Crippen molar-refractivity contribution >= 4 is 0 Å². The second-order valence-electron chi connectivity index (χ2n) is 30.9. The maximum absolute atomic E-state index is 8.09. The summed E-state index contributed by atoms with van der Waals surface area (Å²) >= 11 is 0. The SMILES string of the molecule is COC[C@H]1O[C@@H]2O[C@H]3[C@H](OC)[C@@H](OC)[C@@H](O[C@H]4[C@H](OC)[C@@H](OC)[C@@H](O[C@H]5[C@H](OC)[C@@H](OC)[C@@H](O[C@H]6[C@H](OC)[C@@H](OC)[C@@H](O[C@H]7[C@H](OC)[C@@H](OC)[C@@H](O[C@H]1[C@H](OC)[C@H]2OC)O[C@@H]7COC)O[C@@H]6COC)O[C@@H]5COC(c1ccc(OC)cc1)(c1ccc(OC)cc1)c1cccc(C(OC)(c2ccc(OC)cc2)c2ccc(OC)cc2)c1)O[C@@H]4COC)O[C@@H]3COC. The molecule has 35 nitrogen and oxygen atoms in total. The molecule has 22 heterocycles. The van der Waals surface area contributed by atoms with Crippen LogP contribution in [0.1, 0.15) is 33.4 Å². The van der Waals surface area contributed by atoms with Crippen molar-refractivity contribution in [3.05, 3.63) is 155 Å². The molecule has 0 spiro atoms. The molecule has 5 aromatic carbocycles. The summed E-state index contributed by atoms with van der Waals surface area (Å²) < 4.78 is 233. The summed E-state index contributed by atoms with van der Waals surface area (Å²) in [4.78, 5) is 0. The van der Waals surface area contributed by atoms with E-state index in [0.717, 1.165) is 11.1 Å². The number of ether oxygens (including phenoxy) is 35. The number of hydrogen-bond donors (Lipinski definition) is 0. The molecule has 698 valence electrons. The highest BCUT2D eigenvalue weighted by molar-refractivity contribution is 5.55. The van der Waals surface area contributed by atoms with E-state index in [1.54, 1.807) is 35.5 Å². The third-order valence-corrected chi connectivity index (χ3v) is 24.6. The van der Waals surface area contributed by atoms with E-state index in [1.807, 2.05) is 115 Å². The molecule has 22 fully saturated rings. The minimum absolute atomic E-state index is 0.0438. The second kappa shape index (κ2) is 46.2. The minimum Gasteiger partial charge on any atom is -0.497 e. The van der Waals surface area contributed by atoms with Gasteiger partial charge >= 0.3 is 0 Å². The zero-order valence-electron chi connectivity index (χ0n) is 75.4. The topological polar surface area (TPSA) is 323 Å². The van der Waals surface area contributed by atoms with Crippen LogP contribution in [0.25, 0.3) is 0 Å². The van der Waals surface area contributed by atoms with E-state index in [-0.39, 0.29) is 39.6 Å². The van der Waals surface area contributed by atoms with Crippen molar-refractivity contribution in [2.45, 2.75) is 195 Å². The van der Waals surface area contributed by atoms with Gasteiger partial charge in [-0.25, -0.2) is 0 Å². The van der Waals surface area contributed by atoms with Crippen LogP contribution < -0.4 is 18.9 Å². The lowest BCUT2D eigenvalue weighted by atomic mass is 9.75. The fraction of sp³-hybridized carbons (Fsp3) is 0.667. The summed E-state index contributed by atoms with van der Waals surface area (Å²) in [6.07, 6.45) is -33.7. The van der Waals surface area contributed by atoms with Crippen molar-refractivity contribution in [2.24, 2.45) is 0 Å². The van der Waals surface area contributed by atoms with Crippen molar-refractivity contribution in [2.75, 3.05) is 196 Å². The summed E-state index contributed by atoms with van der Waals surface area (Å²) in [5.74, 6) is 2.43. The molecule has 0 saturated carbocycles. The van der Waals surface area contributed by atoms with Crippen LogP contribution >= 0.6 is 0 Å². The van der Waals surface area contributed by atoms with Crippen LogP contribution in [0.5, 0.6) is 23.0 Å². The van der Waals surface area contributed by atoms with Crippen molar-refractivity contribution in [3.8, 4) is 23.0 Å². The minimum atomic E-state index is -1.65. The van der Waals surface area contributed by atoms with Crippen LogP contribution in [-0.2, 0) is 158 Å². The van der Waals surface area contributed by atoms with Gasteiger partial charge in [0.15, 0.2) is 37.7 Å². The lowest BCUT2D eigenvalue weighted by Crippen LogP contribution is -2.70. The van der Waals surface area contributed by atoms with Crippen LogP contribution in [-0.4, -0.2) is 380 Å². The Morgan fingerprint density at radius 1 is 0.208 bits per heavy atom. The fourth-order valence-electron chi connectivity index (χ4n) is 18.6. The molecular formula is C90H128O35. The Labute approximate surface area is 731 Å². The number of methoxy groups -OCH3 is 22. The van der Waals surface area contributed by atoms with Gasteiger partial charge in [-0.3, -0.25) is 0 Å². The van der Waals surface area contributed by atoms with Crippen LogP contribution in [0.2, 0.25) is 0 Å². The summed E-state index contributed by atoms with van der Waals surface area (Å²) in [5.41, 5.74) is 1.21.